The highest BCUT2D eigenvalue weighted by atomic mass is 79.9. The van der Waals surface area contributed by atoms with Gasteiger partial charge in [-0.2, -0.15) is 4.90 Å². The number of rotatable bonds is 2. The van der Waals surface area contributed by atoms with E-state index >= 15 is 0 Å². The van der Waals surface area contributed by atoms with Crippen LogP contribution in [0.1, 0.15) is 50.4 Å². The van der Waals surface area contributed by atoms with Crippen molar-refractivity contribution in [1.29, 1.82) is 0 Å². The van der Waals surface area contributed by atoms with E-state index in [4.69, 9.17) is 10.5 Å². The summed E-state index contributed by atoms with van der Waals surface area (Å²) in [5, 5.41) is 13.2. The zero-order chi connectivity index (χ0) is 24.0. The van der Waals surface area contributed by atoms with E-state index in [1.54, 1.807) is 27.0 Å². The highest BCUT2D eigenvalue weighted by molar-refractivity contribution is 9.10. The molecule has 1 fully saturated rings. The smallest absolute Gasteiger partial charge is 0.425 e. The maximum atomic E-state index is 12.8. The second kappa shape index (κ2) is 8.34. The van der Waals surface area contributed by atoms with E-state index in [1.807, 2.05) is 18.2 Å². The number of nitrogens with one attached hydrogen (secondary N) is 1. The molecule has 0 saturated carbocycles. The van der Waals surface area contributed by atoms with Crippen LogP contribution in [0, 0.1) is 5.41 Å². The Labute approximate surface area is 200 Å². The minimum Gasteiger partial charge on any atom is -0.464 e. The zero-order valence-corrected chi connectivity index (χ0v) is 20.5. The summed E-state index contributed by atoms with van der Waals surface area (Å²) in [5.41, 5.74) is 7.58. The fourth-order valence-electron chi connectivity index (χ4n) is 4.99. The van der Waals surface area contributed by atoms with Crippen LogP contribution in [0.3, 0.4) is 0 Å². The molecular weight excluding hydrogens is 490 g/mol. The van der Waals surface area contributed by atoms with Crippen molar-refractivity contribution in [3.63, 3.8) is 0 Å². The summed E-state index contributed by atoms with van der Waals surface area (Å²) in [7, 11) is 0. The molecule has 2 amide bonds. The van der Waals surface area contributed by atoms with Crippen molar-refractivity contribution in [3.05, 3.63) is 51.9 Å². The van der Waals surface area contributed by atoms with Gasteiger partial charge in [0, 0.05) is 5.41 Å². The summed E-state index contributed by atoms with van der Waals surface area (Å²) >= 11 is 3.26. The lowest BCUT2D eigenvalue weighted by Gasteiger charge is -2.46. The van der Waals surface area contributed by atoms with Crippen LogP contribution in [0.15, 0.2) is 35.1 Å². The monoisotopic (exact) mass is 517 g/mol. The second-order valence-corrected chi connectivity index (χ2v) is 10.4. The number of halogens is 1. The summed E-state index contributed by atoms with van der Waals surface area (Å²) in [6.07, 6.45) is 1.44. The van der Waals surface area contributed by atoms with E-state index < -0.39 is 23.3 Å². The molecule has 1 saturated heterocycles. The summed E-state index contributed by atoms with van der Waals surface area (Å²) in [4.78, 5) is 34.3. The lowest BCUT2D eigenvalue weighted by atomic mass is 9.63. The lowest BCUT2D eigenvalue weighted by molar-refractivity contribution is 0.0580. The summed E-state index contributed by atoms with van der Waals surface area (Å²) < 4.78 is 5.41. The van der Waals surface area contributed by atoms with E-state index in [0.29, 0.717) is 10.6 Å². The molecule has 1 spiro atoms. The third-order valence-corrected chi connectivity index (χ3v) is 7.02. The fourth-order valence-corrected chi connectivity index (χ4v) is 5.36. The Morgan fingerprint density at radius 1 is 1.24 bits per heavy atom. The zero-order valence-electron chi connectivity index (χ0n) is 18.9. The third-order valence-electron chi connectivity index (χ3n) is 6.46. The Kier molecular flexibility index (Phi) is 5.96. The number of fused-ring (bicyclic) bond motifs is 1. The highest BCUT2D eigenvalue weighted by Crippen LogP contribution is 2.56. The van der Waals surface area contributed by atoms with E-state index in [9.17, 15) is 14.7 Å². The number of benzene rings is 1. The van der Waals surface area contributed by atoms with Gasteiger partial charge in [-0.3, -0.25) is 0 Å². The minimum absolute atomic E-state index is 0.105. The van der Waals surface area contributed by atoms with Crippen molar-refractivity contribution < 1.29 is 19.4 Å². The molecule has 33 heavy (non-hydrogen) atoms. The van der Waals surface area contributed by atoms with E-state index in [0.717, 1.165) is 43.5 Å². The predicted octanol–water partition coefficient (Wildman–Crippen LogP) is 3.79. The standard InChI is InChI=1S/C23H28BrN5O4/c1-21(2,3)33-20(32)29(19(30)31)18-17(24)27-13-16(28-18)23(25)15-7-5-4-6-14(15)12-22(23)8-10-26-11-9-22/h4-7,13,26H,8-12,25H2,1-3H3,(H,30,31). The normalized spacial score (nSPS) is 21.5. The van der Waals surface area contributed by atoms with Crippen molar-refractivity contribution in [2.75, 3.05) is 18.0 Å². The Balaban J connectivity index is 1.86. The molecule has 1 aliphatic heterocycles. The number of carbonyl (C=O) groups is 2. The van der Waals surface area contributed by atoms with Gasteiger partial charge in [-0.15, -0.1) is 0 Å². The summed E-state index contributed by atoms with van der Waals surface area (Å²) in [6, 6.07) is 8.01. The number of carboxylic acid groups (broad SMARTS) is 1. The van der Waals surface area contributed by atoms with Crippen LogP contribution in [-0.2, 0) is 16.7 Å². The topological polar surface area (TPSA) is 131 Å². The number of imide groups is 1. The summed E-state index contributed by atoms with van der Waals surface area (Å²) in [6.45, 7) is 6.62. The van der Waals surface area contributed by atoms with E-state index in [2.05, 4.69) is 37.3 Å². The van der Waals surface area contributed by atoms with Gasteiger partial charge in [0.05, 0.1) is 17.4 Å². The Bertz CT molecular complexity index is 1100. The first-order valence-electron chi connectivity index (χ1n) is 10.9. The molecule has 4 rings (SSSR count). The van der Waals surface area contributed by atoms with Gasteiger partial charge < -0.3 is 20.9 Å². The van der Waals surface area contributed by atoms with E-state index in [-0.39, 0.29) is 15.8 Å². The molecule has 4 N–H and O–H groups in total. The van der Waals surface area contributed by atoms with Crippen LogP contribution in [0.25, 0.3) is 0 Å². The number of hydrogen-bond donors (Lipinski definition) is 3. The number of anilines is 1. The number of nitrogens with two attached hydrogens (primary N) is 1. The van der Waals surface area contributed by atoms with Crippen molar-refractivity contribution in [3.8, 4) is 0 Å². The third kappa shape index (κ3) is 4.00. The average molecular weight is 518 g/mol. The molecule has 2 aliphatic rings. The van der Waals surface area contributed by atoms with E-state index in [1.165, 1.54) is 0 Å². The second-order valence-electron chi connectivity index (χ2n) is 9.64. The molecule has 10 heteroatoms. The molecule has 2 aromatic rings. The first-order chi connectivity index (χ1) is 15.5. The molecule has 1 aliphatic carbocycles. The van der Waals surface area contributed by atoms with Gasteiger partial charge in [0.1, 0.15) is 10.2 Å². The van der Waals surface area contributed by atoms with Crippen LogP contribution >= 0.6 is 15.9 Å². The number of amides is 2. The molecule has 176 valence electrons. The Morgan fingerprint density at radius 2 is 1.91 bits per heavy atom. The van der Waals surface area contributed by atoms with Crippen molar-refractivity contribution in [1.82, 2.24) is 15.3 Å². The first-order valence-corrected chi connectivity index (χ1v) is 11.6. The largest absolute Gasteiger partial charge is 0.464 e. The number of carbonyl (C=O) groups excluding carboxylic acids is 1. The molecule has 2 heterocycles. The molecular formula is C23H28BrN5O4. The van der Waals surface area contributed by atoms with Crippen LogP contribution in [0.2, 0.25) is 0 Å². The first kappa shape index (κ1) is 23.6. The minimum atomic E-state index is -1.52. The maximum Gasteiger partial charge on any atom is 0.425 e. The summed E-state index contributed by atoms with van der Waals surface area (Å²) in [5.74, 6) is -0.174. The highest BCUT2D eigenvalue weighted by Gasteiger charge is 2.57. The lowest BCUT2D eigenvalue weighted by Crippen LogP contribution is -2.55. The van der Waals surface area contributed by atoms with Gasteiger partial charge in [-0.25, -0.2) is 19.6 Å². The van der Waals surface area contributed by atoms with Gasteiger partial charge in [0.25, 0.3) is 0 Å². The number of ether oxygens (including phenoxy) is 1. The quantitative estimate of drug-likeness (QED) is 0.548. The Hall–Kier alpha value is -2.56. The molecule has 0 radical (unpaired) electrons. The maximum absolute atomic E-state index is 12.8. The van der Waals surface area contributed by atoms with Crippen LogP contribution in [0.4, 0.5) is 15.4 Å². The van der Waals surface area contributed by atoms with Crippen LogP contribution in [0.5, 0.6) is 0 Å². The molecule has 0 bridgehead atoms. The predicted molar refractivity (Wildman–Crippen MR) is 126 cm³/mol. The number of nitrogens with zero attached hydrogens (tertiary/aromatic N) is 3. The van der Waals surface area contributed by atoms with Gasteiger partial charge in [-0.1, -0.05) is 24.3 Å². The van der Waals surface area contributed by atoms with Gasteiger partial charge in [0.15, 0.2) is 5.82 Å². The molecule has 1 atom stereocenters. The van der Waals surface area contributed by atoms with Crippen molar-refractivity contribution >= 4 is 33.9 Å². The number of aromatic nitrogens is 2. The molecule has 1 aromatic carbocycles. The molecule has 9 nitrogen and oxygen atoms in total. The average Bonchev–Trinajstić information content (AvgIpc) is 2.97. The van der Waals surface area contributed by atoms with Crippen molar-refractivity contribution in [2.45, 2.75) is 51.2 Å². The molecule has 1 unspecified atom stereocenters. The van der Waals surface area contributed by atoms with Gasteiger partial charge in [0.2, 0.25) is 0 Å². The van der Waals surface area contributed by atoms with Crippen LogP contribution in [-0.4, -0.2) is 46.0 Å². The fraction of sp³-hybridized carbons (Fsp3) is 0.478. The van der Waals surface area contributed by atoms with Crippen LogP contribution < -0.4 is 16.0 Å². The molecule has 1 aromatic heterocycles. The van der Waals surface area contributed by atoms with Gasteiger partial charge in [-0.05, 0) is 80.2 Å². The number of hydrogen-bond acceptors (Lipinski definition) is 7. The Morgan fingerprint density at radius 3 is 2.55 bits per heavy atom. The van der Waals surface area contributed by atoms with Crippen molar-refractivity contribution in [2.24, 2.45) is 11.1 Å². The SMILES string of the molecule is CC(C)(C)OC(=O)N(C(=O)O)c1nc(C2(N)c3ccccc3CC23CCNCC3)cnc1Br. The number of piperidine rings is 1. The van der Waals surface area contributed by atoms with Gasteiger partial charge >= 0.3 is 12.2 Å².